The maximum absolute atomic E-state index is 4.11. The van der Waals surface area contributed by atoms with Gasteiger partial charge in [0.25, 0.3) is 0 Å². The Morgan fingerprint density at radius 3 is 2.73 bits per heavy atom. The molecule has 15 heavy (non-hydrogen) atoms. The van der Waals surface area contributed by atoms with Crippen molar-refractivity contribution in [3.05, 3.63) is 77.1 Å². The molecule has 0 fully saturated rings. The molecular formula is C13H11N2+. The van der Waals surface area contributed by atoms with Crippen LogP contribution in [-0.2, 0) is 0 Å². The number of hydrogen-bond donors (Lipinski definition) is 1. The third kappa shape index (κ3) is 2.85. The number of benzene rings is 1. The number of nitrogens with zero attached hydrogens (tertiary/aromatic N) is 1. The van der Waals surface area contributed by atoms with Gasteiger partial charge in [-0.3, -0.25) is 0 Å². The van der Waals surface area contributed by atoms with Gasteiger partial charge in [0.15, 0.2) is 0 Å². The molecule has 1 N–H and O–H groups in total. The van der Waals surface area contributed by atoms with E-state index in [1.54, 1.807) is 6.20 Å². The van der Waals surface area contributed by atoms with Crippen LogP contribution < -0.4 is 5.32 Å². The first-order valence-electron chi connectivity index (χ1n) is 4.76. The SMILES string of the molecule is C(#[N+]/C=C1\C=CC=CN1)c1ccccc1. The predicted molar refractivity (Wildman–Crippen MR) is 62.3 cm³/mol. The molecule has 0 aromatic heterocycles. The van der Waals surface area contributed by atoms with Gasteiger partial charge in [-0.25, -0.2) is 0 Å². The van der Waals surface area contributed by atoms with Gasteiger partial charge in [-0.2, -0.15) is 0 Å². The van der Waals surface area contributed by atoms with E-state index in [0.717, 1.165) is 11.3 Å². The highest BCUT2D eigenvalue weighted by atomic mass is 14.9. The molecule has 0 radical (unpaired) electrons. The summed E-state index contributed by atoms with van der Waals surface area (Å²) in [5.74, 6) is 0. The molecule has 0 atom stereocenters. The van der Waals surface area contributed by atoms with Crippen LogP contribution in [0.25, 0.3) is 4.85 Å². The lowest BCUT2D eigenvalue weighted by molar-refractivity contribution is 1.10. The fourth-order valence-electron chi connectivity index (χ4n) is 1.18. The standard InChI is InChI=1S/C13H11N2/c1-2-6-12(7-3-1)10-14-11-13-8-4-5-9-15-13/h1-9,11,15H/q+1/b13-11+. The Kier molecular flexibility index (Phi) is 2.99. The molecule has 0 aliphatic carbocycles. The molecule has 2 nitrogen and oxygen atoms in total. The van der Waals surface area contributed by atoms with E-state index in [2.05, 4.69) is 16.2 Å². The summed E-state index contributed by atoms with van der Waals surface area (Å²) in [4.78, 5) is 4.11. The zero-order valence-electron chi connectivity index (χ0n) is 8.22. The van der Waals surface area contributed by atoms with Crippen LogP contribution in [0.15, 0.2) is 66.7 Å². The van der Waals surface area contributed by atoms with Gasteiger partial charge in [-0.05, 0) is 29.1 Å². The minimum absolute atomic E-state index is 0.959. The highest BCUT2D eigenvalue weighted by Gasteiger charge is 1.96. The van der Waals surface area contributed by atoms with E-state index in [1.807, 2.05) is 54.8 Å². The number of hydrogen-bond acceptors (Lipinski definition) is 1. The highest BCUT2D eigenvalue weighted by Crippen LogP contribution is 2.00. The summed E-state index contributed by atoms with van der Waals surface area (Å²) >= 11 is 0. The van der Waals surface area contributed by atoms with Gasteiger partial charge in [0.05, 0.1) is 0 Å². The van der Waals surface area contributed by atoms with Gasteiger partial charge < -0.3 is 5.32 Å². The third-order valence-corrected chi connectivity index (χ3v) is 1.90. The van der Waals surface area contributed by atoms with Gasteiger partial charge in [0, 0.05) is 6.20 Å². The Hall–Kier alpha value is -2.27. The second kappa shape index (κ2) is 4.83. The zero-order valence-corrected chi connectivity index (χ0v) is 8.22. The van der Waals surface area contributed by atoms with Gasteiger partial charge in [-0.15, -0.1) is 0 Å². The molecule has 2 heteroatoms. The molecule has 1 heterocycles. The number of dihydropyridines is 1. The molecule has 0 bridgehead atoms. The van der Waals surface area contributed by atoms with Crippen LogP contribution in [0.5, 0.6) is 0 Å². The Bertz CT molecular complexity index is 470. The zero-order chi connectivity index (χ0) is 10.3. The molecule has 1 aliphatic heterocycles. The maximum atomic E-state index is 4.11. The summed E-state index contributed by atoms with van der Waals surface area (Å²) in [6, 6.07) is 12.8. The van der Waals surface area contributed by atoms with E-state index in [-0.39, 0.29) is 0 Å². The topological polar surface area (TPSA) is 16.4 Å². The average molecular weight is 195 g/mol. The molecule has 0 amide bonds. The first-order valence-corrected chi connectivity index (χ1v) is 4.76. The predicted octanol–water partition coefficient (Wildman–Crippen LogP) is 2.88. The maximum Gasteiger partial charge on any atom is 0.329 e. The van der Waals surface area contributed by atoms with Crippen LogP contribution >= 0.6 is 0 Å². The van der Waals surface area contributed by atoms with E-state index in [4.69, 9.17) is 0 Å². The lowest BCUT2D eigenvalue weighted by atomic mass is 10.2. The molecule has 72 valence electrons. The summed E-state index contributed by atoms with van der Waals surface area (Å²) in [7, 11) is 0. The third-order valence-electron chi connectivity index (χ3n) is 1.90. The van der Waals surface area contributed by atoms with Crippen LogP contribution in [0.3, 0.4) is 0 Å². The van der Waals surface area contributed by atoms with Crippen molar-refractivity contribution in [2.45, 2.75) is 0 Å². The van der Waals surface area contributed by atoms with Crippen molar-refractivity contribution in [3.8, 4) is 6.07 Å². The fourth-order valence-corrected chi connectivity index (χ4v) is 1.18. The Morgan fingerprint density at radius 1 is 1.13 bits per heavy atom. The van der Waals surface area contributed by atoms with Crippen LogP contribution in [0.4, 0.5) is 0 Å². The molecule has 0 saturated heterocycles. The summed E-state index contributed by atoms with van der Waals surface area (Å²) in [5.41, 5.74) is 1.94. The first kappa shape index (κ1) is 9.29. The van der Waals surface area contributed by atoms with Crippen molar-refractivity contribution in [1.29, 1.82) is 0 Å². The Labute approximate surface area is 89.1 Å². The number of rotatable bonds is 0. The van der Waals surface area contributed by atoms with E-state index in [9.17, 15) is 0 Å². The van der Waals surface area contributed by atoms with Crippen molar-refractivity contribution < 1.29 is 0 Å². The van der Waals surface area contributed by atoms with Crippen molar-refractivity contribution in [2.75, 3.05) is 0 Å². The summed E-state index contributed by atoms with van der Waals surface area (Å²) in [5, 5.41) is 3.07. The molecular weight excluding hydrogens is 184 g/mol. The monoisotopic (exact) mass is 195 g/mol. The van der Waals surface area contributed by atoms with Crippen LogP contribution in [0.2, 0.25) is 0 Å². The van der Waals surface area contributed by atoms with Gasteiger partial charge in [0.2, 0.25) is 0 Å². The molecule has 0 spiro atoms. The van der Waals surface area contributed by atoms with Gasteiger partial charge >= 0.3 is 12.3 Å². The first-order chi connectivity index (χ1) is 7.45. The largest absolute Gasteiger partial charge is 0.356 e. The van der Waals surface area contributed by atoms with Crippen molar-refractivity contribution >= 4 is 0 Å². The molecule has 1 aromatic carbocycles. The van der Waals surface area contributed by atoms with Crippen molar-refractivity contribution in [1.82, 2.24) is 5.32 Å². The van der Waals surface area contributed by atoms with E-state index >= 15 is 0 Å². The molecule has 2 rings (SSSR count). The summed E-state index contributed by atoms with van der Waals surface area (Å²) < 4.78 is 0. The normalized spacial score (nSPS) is 15.6. The molecule has 1 aliphatic rings. The lowest BCUT2D eigenvalue weighted by Crippen LogP contribution is -2.03. The van der Waals surface area contributed by atoms with E-state index < -0.39 is 0 Å². The van der Waals surface area contributed by atoms with Crippen LogP contribution in [-0.4, -0.2) is 0 Å². The van der Waals surface area contributed by atoms with Crippen molar-refractivity contribution in [2.24, 2.45) is 0 Å². The molecule has 0 unspecified atom stereocenters. The quantitative estimate of drug-likeness (QED) is 0.673. The second-order valence-electron chi connectivity index (χ2n) is 3.05. The van der Waals surface area contributed by atoms with Gasteiger partial charge in [-0.1, -0.05) is 24.3 Å². The number of nitrogens with one attached hydrogen (secondary N) is 1. The number of allylic oxidation sites excluding steroid dienone is 3. The minimum Gasteiger partial charge on any atom is -0.356 e. The summed E-state index contributed by atoms with van der Waals surface area (Å²) in [6.45, 7) is 0. The van der Waals surface area contributed by atoms with E-state index in [0.29, 0.717) is 0 Å². The second-order valence-corrected chi connectivity index (χ2v) is 3.05. The van der Waals surface area contributed by atoms with Crippen molar-refractivity contribution in [3.63, 3.8) is 0 Å². The van der Waals surface area contributed by atoms with Crippen LogP contribution in [0.1, 0.15) is 5.56 Å². The van der Waals surface area contributed by atoms with E-state index in [1.165, 1.54) is 0 Å². The highest BCUT2D eigenvalue weighted by molar-refractivity contribution is 5.34. The molecule has 0 saturated carbocycles. The van der Waals surface area contributed by atoms with Gasteiger partial charge in [0.1, 0.15) is 11.3 Å². The molecule has 1 aromatic rings. The average Bonchev–Trinajstić information content (AvgIpc) is 2.32. The lowest BCUT2D eigenvalue weighted by Gasteiger charge is -1.97. The summed E-state index contributed by atoms with van der Waals surface area (Å²) in [6.07, 6.45) is 9.45. The Balaban J connectivity index is 2.07. The minimum atomic E-state index is 0.959. The Morgan fingerprint density at radius 2 is 2.00 bits per heavy atom. The fraction of sp³-hybridized carbons (Fsp3) is 0. The smallest absolute Gasteiger partial charge is 0.329 e. The van der Waals surface area contributed by atoms with Crippen LogP contribution in [0, 0.1) is 6.07 Å².